The summed E-state index contributed by atoms with van der Waals surface area (Å²) in [6.07, 6.45) is 12.2. The Balaban J connectivity index is 0. The summed E-state index contributed by atoms with van der Waals surface area (Å²) in [6.45, 7) is 4.28. The summed E-state index contributed by atoms with van der Waals surface area (Å²) in [6, 6.07) is 0. The smallest absolute Gasteiger partial charge is 0.746 e. The second kappa shape index (κ2) is 15.2. The molecule has 0 aromatic heterocycles. The molecule has 134 valence electrons. The molecule has 0 aromatic rings. The van der Waals surface area contributed by atoms with Crippen LogP contribution in [0, 0.1) is 0 Å². The van der Waals surface area contributed by atoms with Gasteiger partial charge in [0.1, 0.15) is 10.1 Å². The third-order valence-electron chi connectivity index (χ3n) is 4.31. The molecule has 0 aliphatic rings. The predicted molar refractivity (Wildman–Crippen MR) is 90.6 cm³/mol. The normalized spacial score (nSPS) is 14.3. The van der Waals surface area contributed by atoms with Gasteiger partial charge in [0.05, 0.1) is 0 Å². The maximum Gasteiger partial charge on any atom is 1.00 e. The molecule has 0 heterocycles. The Bertz CT molecular complexity index is 360. The number of unbranched alkanes of at least 4 members (excludes halogenated alkanes) is 10. The van der Waals surface area contributed by atoms with Crippen LogP contribution in [0.5, 0.6) is 0 Å². The molecule has 4 nitrogen and oxygen atoms in total. The second-order valence-electron chi connectivity index (χ2n) is 6.44. The van der Waals surface area contributed by atoms with E-state index in [-0.39, 0.29) is 42.4 Å². The summed E-state index contributed by atoms with van der Waals surface area (Å²) < 4.78 is 34.1. The SMILES string of the molecule is CCCCCCCCCC(O)(CCCCCCC)S(=O)(=O)[O-].[Na+]. The third kappa shape index (κ3) is 12.8. The Labute approximate surface area is 165 Å². The molecule has 0 saturated heterocycles. The van der Waals surface area contributed by atoms with E-state index in [1.807, 2.05) is 0 Å². The van der Waals surface area contributed by atoms with Gasteiger partial charge in [0, 0.05) is 0 Å². The van der Waals surface area contributed by atoms with Gasteiger partial charge in [-0.15, -0.1) is 0 Å². The molecule has 6 heteroatoms. The van der Waals surface area contributed by atoms with Crippen molar-refractivity contribution in [1.29, 1.82) is 0 Å². The Morgan fingerprint density at radius 3 is 1.35 bits per heavy atom. The average Bonchev–Trinajstić information content (AvgIpc) is 2.45. The van der Waals surface area contributed by atoms with Gasteiger partial charge >= 0.3 is 29.6 Å². The van der Waals surface area contributed by atoms with Crippen LogP contribution >= 0.6 is 0 Å². The van der Waals surface area contributed by atoms with Crippen molar-refractivity contribution >= 4 is 10.1 Å². The summed E-state index contributed by atoms with van der Waals surface area (Å²) in [5.41, 5.74) is 0. The van der Waals surface area contributed by atoms with E-state index in [9.17, 15) is 18.1 Å². The summed E-state index contributed by atoms with van der Waals surface area (Å²) >= 11 is 0. The van der Waals surface area contributed by atoms with E-state index in [0.717, 1.165) is 44.9 Å². The van der Waals surface area contributed by atoms with Gasteiger partial charge in [0.2, 0.25) is 0 Å². The van der Waals surface area contributed by atoms with E-state index in [2.05, 4.69) is 13.8 Å². The zero-order valence-corrected chi connectivity index (χ0v) is 18.3. The molecular weight excluding hydrogens is 323 g/mol. The first kappa shape index (κ1) is 26.1. The average molecular weight is 359 g/mol. The maximum atomic E-state index is 11.4. The molecule has 0 spiro atoms. The van der Waals surface area contributed by atoms with Crippen LogP contribution in [0.2, 0.25) is 0 Å². The van der Waals surface area contributed by atoms with E-state index in [0.29, 0.717) is 12.8 Å². The Kier molecular flexibility index (Phi) is 17.2. The molecular formula is C17H35NaO4S. The predicted octanol–water partition coefficient (Wildman–Crippen LogP) is 1.73. The molecule has 0 radical (unpaired) electrons. The van der Waals surface area contributed by atoms with Crippen LogP contribution < -0.4 is 29.6 Å². The van der Waals surface area contributed by atoms with Crippen LogP contribution in [0.25, 0.3) is 0 Å². The topological polar surface area (TPSA) is 77.4 Å². The fourth-order valence-electron chi connectivity index (χ4n) is 2.74. The monoisotopic (exact) mass is 358 g/mol. The molecule has 1 unspecified atom stereocenters. The number of hydrogen-bond donors (Lipinski definition) is 1. The molecule has 1 N–H and O–H groups in total. The van der Waals surface area contributed by atoms with E-state index in [1.54, 1.807) is 0 Å². The fourth-order valence-corrected chi connectivity index (χ4v) is 3.53. The largest absolute Gasteiger partial charge is 1.00 e. The van der Waals surface area contributed by atoms with Gasteiger partial charge in [-0.1, -0.05) is 78.1 Å². The molecule has 0 saturated carbocycles. The van der Waals surface area contributed by atoms with E-state index in [1.165, 1.54) is 19.3 Å². The first-order valence-corrected chi connectivity index (χ1v) is 10.5. The molecule has 0 fully saturated rings. The van der Waals surface area contributed by atoms with Crippen molar-refractivity contribution in [3.05, 3.63) is 0 Å². The van der Waals surface area contributed by atoms with E-state index in [4.69, 9.17) is 0 Å². The Morgan fingerprint density at radius 1 is 0.739 bits per heavy atom. The molecule has 23 heavy (non-hydrogen) atoms. The van der Waals surface area contributed by atoms with Crippen molar-refractivity contribution in [2.45, 2.75) is 109 Å². The molecule has 0 aromatic carbocycles. The van der Waals surface area contributed by atoms with Crippen molar-refractivity contribution in [2.24, 2.45) is 0 Å². The van der Waals surface area contributed by atoms with Gasteiger partial charge in [-0.3, -0.25) is 0 Å². The summed E-state index contributed by atoms with van der Waals surface area (Å²) in [7, 11) is -4.65. The fraction of sp³-hybridized carbons (Fsp3) is 1.00. The Morgan fingerprint density at radius 2 is 1.04 bits per heavy atom. The molecule has 0 aliphatic heterocycles. The zero-order chi connectivity index (χ0) is 16.9. The molecule has 0 aliphatic carbocycles. The maximum absolute atomic E-state index is 11.4. The quantitative estimate of drug-likeness (QED) is 0.275. The minimum atomic E-state index is -4.65. The number of aliphatic hydroxyl groups is 1. The van der Waals surface area contributed by atoms with Crippen molar-refractivity contribution < 1.29 is 47.6 Å². The van der Waals surface area contributed by atoms with Crippen LogP contribution in [0.4, 0.5) is 0 Å². The minimum absolute atomic E-state index is 0. The summed E-state index contributed by atoms with van der Waals surface area (Å²) in [5, 5.41) is 10.2. The van der Waals surface area contributed by atoms with E-state index >= 15 is 0 Å². The van der Waals surface area contributed by atoms with Gasteiger partial charge in [-0.05, 0) is 25.7 Å². The molecule has 1 atom stereocenters. The number of rotatable bonds is 15. The first-order valence-electron chi connectivity index (χ1n) is 9.05. The van der Waals surface area contributed by atoms with E-state index < -0.39 is 15.1 Å². The molecule has 0 bridgehead atoms. The zero-order valence-electron chi connectivity index (χ0n) is 15.5. The van der Waals surface area contributed by atoms with Gasteiger partial charge in [0.25, 0.3) is 0 Å². The van der Waals surface area contributed by atoms with Crippen LogP contribution in [0.3, 0.4) is 0 Å². The van der Waals surface area contributed by atoms with Crippen molar-refractivity contribution in [1.82, 2.24) is 0 Å². The van der Waals surface area contributed by atoms with Crippen LogP contribution in [0.1, 0.15) is 104 Å². The first-order chi connectivity index (χ1) is 10.4. The minimum Gasteiger partial charge on any atom is -0.746 e. The van der Waals surface area contributed by atoms with Gasteiger partial charge < -0.3 is 9.66 Å². The summed E-state index contributed by atoms with van der Waals surface area (Å²) in [5.74, 6) is 0. The van der Waals surface area contributed by atoms with Crippen LogP contribution in [0.15, 0.2) is 0 Å². The summed E-state index contributed by atoms with van der Waals surface area (Å²) in [4.78, 5) is -2.05. The molecule has 0 amide bonds. The molecule has 0 rings (SSSR count). The van der Waals surface area contributed by atoms with Gasteiger partial charge in [0.15, 0.2) is 4.93 Å². The Hall–Kier alpha value is 0.870. The second-order valence-corrected chi connectivity index (χ2v) is 8.10. The van der Waals surface area contributed by atoms with Crippen LogP contribution in [-0.2, 0) is 10.1 Å². The third-order valence-corrected chi connectivity index (χ3v) is 5.65. The van der Waals surface area contributed by atoms with Crippen molar-refractivity contribution in [2.75, 3.05) is 0 Å². The van der Waals surface area contributed by atoms with Crippen molar-refractivity contribution in [3.63, 3.8) is 0 Å². The van der Waals surface area contributed by atoms with Gasteiger partial charge in [-0.25, -0.2) is 8.42 Å². The standard InChI is InChI=1S/C17H36O4S.Na/c1-3-5-7-9-10-12-14-16-17(18,22(19,20)21)15-13-11-8-6-4-2;/h18H,3-16H2,1-2H3,(H,19,20,21);/q;+1/p-1. The number of hydrogen-bond acceptors (Lipinski definition) is 4. The van der Waals surface area contributed by atoms with Gasteiger partial charge in [-0.2, -0.15) is 0 Å². The van der Waals surface area contributed by atoms with Crippen LogP contribution in [-0.4, -0.2) is 23.0 Å². The van der Waals surface area contributed by atoms with Crippen molar-refractivity contribution in [3.8, 4) is 0 Å².